The van der Waals surface area contributed by atoms with E-state index >= 15 is 0 Å². The number of rotatable bonds is 8. The number of hydrogen-bond acceptors (Lipinski definition) is 5. The maximum Gasteiger partial charge on any atom is 0.128 e. The van der Waals surface area contributed by atoms with Crippen LogP contribution < -0.4 is 10.1 Å². The molecule has 1 unspecified atom stereocenters. The Balaban J connectivity index is 2.96. The first-order valence-electron chi connectivity index (χ1n) is 7.24. The normalized spacial score (nSPS) is 14.8. The molecule has 21 heavy (non-hydrogen) atoms. The summed E-state index contributed by atoms with van der Waals surface area (Å²) in [6.45, 7) is 7.58. The lowest BCUT2D eigenvalue weighted by Gasteiger charge is -2.21. The van der Waals surface area contributed by atoms with Crippen molar-refractivity contribution in [2.75, 3.05) is 27.4 Å². The molecule has 1 aromatic rings. The number of methoxy groups -OCH3 is 1. The lowest BCUT2D eigenvalue weighted by Crippen LogP contribution is -2.22. The van der Waals surface area contributed by atoms with Gasteiger partial charge in [-0.25, -0.2) is 0 Å². The van der Waals surface area contributed by atoms with Gasteiger partial charge in [-0.2, -0.15) is 0 Å². The number of para-hydroxylation sites is 1. The summed E-state index contributed by atoms with van der Waals surface area (Å²) in [5.41, 5.74) is 1.02. The molecule has 0 aliphatic carbocycles. The molecule has 5 heteroatoms. The Morgan fingerprint density at radius 1 is 1.33 bits per heavy atom. The molecule has 1 N–H and O–H groups in total. The van der Waals surface area contributed by atoms with Crippen LogP contribution in [-0.4, -0.2) is 43.8 Å². The summed E-state index contributed by atoms with van der Waals surface area (Å²) < 4.78 is 11.1. The second-order valence-electron chi connectivity index (χ2n) is 4.66. The van der Waals surface area contributed by atoms with Crippen LogP contribution in [0.4, 0.5) is 0 Å². The predicted molar refractivity (Wildman–Crippen MR) is 91.6 cm³/mol. The average Bonchev–Trinajstić information content (AvgIpc) is 2.51. The number of nitrogens with zero attached hydrogens (tertiary/aromatic N) is 1. The molecular formula is C16H26N2O2S. The van der Waals surface area contributed by atoms with Crippen LogP contribution in [0.25, 0.3) is 0 Å². The minimum atomic E-state index is 0.175. The Morgan fingerprint density at radius 2 is 2.05 bits per heavy atom. The van der Waals surface area contributed by atoms with Gasteiger partial charge in [0.2, 0.25) is 0 Å². The smallest absolute Gasteiger partial charge is 0.128 e. The van der Waals surface area contributed by atoms with E-state index in [1.54, 1.807) is 18.9 Å². The number of benzene rings is 1. The second kappa shape index (κ2) is 9.82. The molecule has 0 fully saturated rings. The van der Waals surface area contributed by atoms with Crippen LogP contribution >= 0.6 is 11.8 Å². The lowest BCUT2D eigenvalue weighted by atomic mass is 10.2. The first kappa shape index (κ1) is 18.0. The first-order chi connectivity index (χ1) is 10.1. The molecule has 0 aliphatic heterocycles. The van der Waals surface area contributed by atoms with Gasteiger partial charge in [0.25, 0.3) is 0 Å². The maximum atomic E-state index is 5.68. The van der Waals surface area contributed by atoms with Crippen LogP contribution in [0, 0.1) is 0 Å². The third-order valence-electron chi connectivity index (χ3n) is 3.11. The summed E-state index contributed by atoms with van der Waals surface area (Å²) in [5.74, 6) is 0.844. The van der Waals surface area contributed by atoms with Gasteiger partial charge in [-0.3, -0.25) is 4.99 Å². The van der Waals surface area contributed by atoms with Crippen LogP contribution in [0.1, 0.15) is 26.3 Å². The molecule has 0 saturated heterocycles. The third kappa shape index (κ3) is 5.69. The highest BCUT2D eigenvalue weighted by Crippen LogP contribution is 2.28. The summed E-state index contributed by atoms with van der Waals surface area (Å²) in [6.07, 6.45) is 0.175. The molecule has 0 aliphatic rings. The molecular weight excluding hydrogens is 284 g/mol. The summed E-state index contributed by atoms with van der Waals surface area (Å²) in [7, 11) is 3.58. The first-order valence-corrected chi connectivity index (χ1v) is 8.12. The molecule has 1 rings (SSSR count). The van der Waals surface area contributed by atoms with E-state index in [9.17, 15) is 0 Å². The van der Waals surface area contributed by atoms with E-state index in [0.717, 1.165) is 23.0 Å². The molecule has 0 heterocycles. The van der Waals surface area contributed by atoms with Gasteiger partial charge < -0.3 is 14.8 Å². The fourth-order valence-corrected chi connectivity index (χ4v) is 2.89. The zero-order valence-corrected chi connectivity index (χ0v) is 14.4. The molecule has 0 aromatic heterocycles. The minimum Gasteiger partial charge on any atom is -0.496 e. The summed E-state index contributed by atoms with van der Waals surface area (Å²) >= 11 is 1.72. The Hall–Kier alpha value is -1.04. The molecule has 4 nitrogen and oxygen atoms in total. The van der Waals surface area contributed by atoms with E-state index in [1.165, 1.54) is 0 Å². The summed E-state index contributed by atoms with van der Waals surface area (Å²) in [6, 6.07) is 7.97. The Morgan fingerprint density at radius 3 is 2.67 bits per heavy atom. The number of aliphatic imine (C=N–C) groups is 1. The van der Waals surface area contributed by atoms with Crippen LogP contribution in [0.2, 0.25) is 0 Å². The van der Waals surface area contributed by atoms with Crippen LogP contribution in [0.15, 0.2) is 29.3 Å². The standard InChI is InChI=1S/C16H26N2O2S/c1-6-20-12(2)13(3)21-16(18-11-17-4)14-9-7-8-10-15(14)19-5/h7-10,12-13,17H,6,11H2,1-5H3/b18-16-/t12-,13?/m0/s1. The Kier molecular flexibility index (Phi) is 8.42. The van der Waals surface area contributed by atoms with Crippen molar-refractivity contribution in [1.82, 2.24) is 5.32 Å². The SMILES string of the molecule is CCO[C@@H](C)C(C)S/C(=N\CNC)c1ccccc1OC. The van der Waals surface area contributed by atoms with Crippen LogP contribution in [0.3, 0.4) is 0 Å². The van der Waals surface area contributed by atoms with Gasteiger partial charge in [-0.1, -0.05) is 19.1 Å². The van der Waals surface area contributed by atoms with Gasteiger partial charge in [0.1, 0.15) is 10.8 Å². The summed E-state index contributed by atoms with van der Waals surface area (Å²) in [4.78, 5) is 4.64. The fraction of sp³-hybridized carbons (Fsp3) is 0.562. The topological polar surface area (TPSA) is 42.8 Å². The van der Waals surface area contributed by atoms with Gasteiger partial charge >= 0.3 is 0 Å². The van der Waals surface area contributed by atoms with E-state index in [1.807, 2.05) is 38.2 Å². The third-order valence-corrected chi connectivity index (χ3v) is 4.43. The van der Waals surface area contributed by atoms with Crippen molar-refractivity contribution in [2.45, 2.75) is 32.1 Å². The minimum absolute atomic E-state index is 0.175. The highest BCUT2D eigenvalue weighted by atomic mass is 32.2. The molecule has 0 saturated carbocycles. The maximum absolute atomic E-state index is 5.68. The molecule has 1 aromatic carbocycles. The van der Waals surface area contributed by atoms with E-state index in [4.69, 9.17) is 9.47 Å². The molecule has 0 radical (unpaired) electrons. The predicted octanol–water partition coefficient (Wildman–Crippen LogP) is 3.17. The Bertz CT molecular complexity index is 452. The van der Waals surface area contributed by atoms with E-state index in [2.05, 4.69) is 24.2 Å². The van der Waals surface area contributed by atoms with Crippen molar-refractivity contribution in [3.05, 3.63) is 29.8 Å². The highest BCUT2D eigenvalue weighted by molar-refractivity contribution is 8.15. The zero-order valence-electron chi connectivity index (χ0n) is 13.6. The van der Waals surface area contributed by atoms with Gasteiger partial charge in [0, 0.05) is 17.4 Å². The van der Waals surface area contributed by atoms with E-state index in [0.29, 0.717) is 11.9 Å². The second-order valence-corrected chi connectivity index (χ2v) is 6.02. The van der Waals surface area contributed by atoms with Crippen molar-refractivity contribution in [3.63, 3.8) is 0 Å². The van der Waals surface area contributed by atoms with Crippen molar-refractivity contribution < 1.29 is 9.47 Å². The molecule has 118 valence electrons. The average molecular weight is 310 g/mol. The number of nitrogens with one attached hydrogen (secondary N) is 1. The van der Waals surface area contributed by atoms with Crippen LogP contribution in [-0.2, 0) is 4.74 Å². The fourth-order valence-electron chi connectivity index (χ4n) is 1.83. The number of thioether (sulfide) groups is 1. The van der Waals surface area contributed by atoms with Gasteiger partial charge in [0.15, 0.2) is 0 Å². The quantitative estimate of drug-likeness (QED) is 0.591. The number of ether oxygens (including phenoxy) is 2. The monoisotopic (exact) mass is 310 g/mol. The molecule has 2 atom stereocenters. The number of hydrogen-bond donors (Lipinski definition) is 1. The van der Waals surface area contributed by atoms with Gasteiger partial charge in [-0.05, 0) is 33.0 Å². The van der Waals surface area contributed by atoms with Gasteiger partial charge in [-0.15, -0.1) is 11.8 Å². The highest BCUT2D eigenvalue weighted by Gasteiger charge is 2.18. The van der Waals surface area contributed by atoms with E-state index in [-0.39, 0.29) is 6.10 Å². The largest absolute Gasteiger partial charge is 0.496 e. The molecule has 0 bridgehead atoms. The summed E-state index contributed by atoms with van der Waals surface area (Å²) in [5, 5.41) is 4.34. The zero-order chi connectivity index (χ0) is 15.7. The van der Waals surface area contributed by atoms with Crippen LogP contribution in [0.5, 0.6) is 5.75 Å². The lowest BCUT2D eigenvalue weighted by molar-refractivity contribution is 0.0780. The van der Waals surface area contributed by atoms with Crippen molar-refractivity contribution in [1.29, 1.82) is 0 Å². The van der Waals surface area contributed by atoms with Gasteiger partial charge in [0.05, 0.1) is 19.9 Å². The van der Waals surface area contributed by atoms with E-state index < -0.39 is 0 Å². The Labute approximate surface area is 132 Å². The van der Waals surface area contributed by atoms with Crippen molar-refractivity contribution in [3.8, 4) is 5.75 Å². The molecule has 0 spiro atoms. The van der Waals surface area contributed by atoms with Crippen molar-refractivity contribution >= 4 is 16.8 Å². The molecule has 0 amide bonds. The van der Waals surface area contributed by atoms with Crippen molar-refractivity contribution in [2.24, 2.45) is 4.99 Å².